The van der Waals surface area contributed by atoms with E-state index in [-0.39, 0.29) is 18.4 Å². The second-order valence-corrected chi connectivity index (χ2v) is 9.29. The zero-order chi connectivity index (χ0) is 23.2. The first-order valence-corrected chi connectivity index (χ1v) is 11.6. The zero-order valence-corrected chi connectivity index (χ0v) is 19.1. The average molecular weight is 452 g/mol. The smallest absolute Gasteiger partial charge is 0.344 e. The lowest BCUT2D eigenvalue weighted by molar-refractivity contribution is -0.145. The molecule has 1 aliphatic heterocycles. The Hall–Kier alpha value is -3.06. The highest BCUT2D eigenvalue weighted by Crippen LogP contribution is 2.40. The fourth-order valence-electron chi connectivity index (χ4n) is 5.40. The highest BCUT2D eigenvalue weighted by Gasteiger charge is 2.43. The molecule has 1 amide bonds. The minimum atomic E-state index is -0.616. The number of hydrogen-bond acceptors (Lipinski definition) is 6. The summed E-state index contributed by atoms with van der Waals surface area (Å²) in [6, 6.07) is 8.99. The Morgan fingerprint density at radius 2 is 2.00 bits per heavy atom. The maximum atomic E-state index is 12.8. The lowest BCUT2D eigenvalue weighted by Crippen LogP contribution is -2.55. The molecule has 33 heavy (non-hydrogen) atoms. The van der Waals surface area contributed by atoms with Crippen LogP contribution in [-0.2, 0) is 4.79 Å². The van der Waals surface area contributed by atoms with Crippen molar-refractivity contribution in [2.45, 2.75) is 44.6 Å². The van der Waals surface area contributed by atoms with Crippen LogP contribution in [-0.4, -0.2) is 48.3 Å². The van der Waals surface area contributed by atoms with Crippen molar-refractivity contribution in [3.05, 3.63) is 46.3 Å². The summed E-state index contributed by atoms with van der Waals surface area (Å²) < 4.78 is 16.7. The lowest BCUT2D eigenvalue weighted by Gasteiger charge is -2.47. The van der Waals surface area contributed by atoms with Crippen molar-refractivity contribution in [3.8, 4) is 11.5 Å². The molecule has 2 heterocycles. The number of aliphatic hydroxyl groups is 1. The molecule has 0 unspecified atom stereocenters. The summed E-state index contributed by atoms with van der Waals surface area (Å²) in [5.41, 5.74) is 0.0686. The molecule has 0 bridgehead atoms. The van der Waals surface area contributed by atoms with E-state index in [1.165, 1.54) is 0 Å². The largest absolute Gasteiger partial charge is 0.497 e. The summed E-state index contributed by atoms with van der Waals surface area (Å²) in [5, 5.41) is 12.9. The molecule has 2 fully saturated rings. The SMILES string of the molecule is COc1ccc2c(c1)c(=O)oc1c(C)c(OCC(=O)N3CC[C@]4(O)CCCC[C@H]4C3)ccc12. The Kier molecular flexibility index (Phi) is 5.52. The van der Waals surface area contributed by atoms with Crippen molar-refractivity contribution in [3.63, 3.8) is 0 Å². The van der Waals surface area contributed by atoms with E-state index in [2.05, 4.69) is 0 Å². The third-order valence-electron chi connectivity index (χ3n) is 7.42. The van der Waals surface area contributed by atoms with Crippen molar-refractivity contribution >= 4 is 27.6 Å². The number of nitrogens with zero attached hydrogens (tertiary/aromatic N) is 1. The van der Waals surface area contributed by atoms with Crippen LogP contribution in [0.5, 0.6) is 11.5 Å². The first-order valence-electron chi connectivity index (χ1n) is 11.6. The van der Waals surface area contributed by atoms with E-state index in [1.807, 2.05) is 36.1 Å². The van der Waals surface area contributed by atoms with Gasteiger partial charge in [-0.3, -0.25) is 4.79 Å². The Labute approximate surface area is 191 Å². The highest BCUT2D eigenvalue weighted by molar-refractivity contribution is 6.06. The maximum absolute atomic E-state index is 12.8. The van der Waals surface area contributed by atoms with Crippen molar-refractivity contribution in [2.24, 2.45) is 5.92 Å². The van der Waals surface area contributed by atoms with E-state index in [0.29, 0.717) is 47.5 Å². The second kappa shape index (κ2) is 8.37. The van der Waals surface area contributed by atoms with Crippen LogP contribution in [0.3, 0.4) is 0 Å². The average Bonchev–Trinajstić information content (AvgIpc) is 2.83. The number of ether oxygens (including phenoxy) is 2. The molecule has 7 nitrogen and oxygen atoms in total. The van der Waals surface area contributed by atoms with Crippen LogP contribution in [0.2, 0.25) is 0 Å². The van der Waals surface area contributed by atoms with E-state index in [4.69, 9.17) is 13.9 Å². The van der Waals surface area contributed by atoms with Crippen LogP contribution in [0, 0.1) is 12.8 Å². The molecule has 174 valence electrons. The molecule has 0 radical (unpaired) electrons. The number of carbonyl (C=O) groups excluding carboxylic acids is 1. The molecule has 0 spiro atoms. The lowest BCUT2D eigenvalue weighted by atomic mass is 9.71. The van der Waals surface area contributed by atoms with Gasteiger partial charge in [0, 0.05) is 35.3 Å². The predicted molar refractivity (Wildman–Crippen MR) is 125 cm³/mol. The van der Waals surface area contributed by atoms with Crippen LogP contribution in [0.15, 0.2) is 39.5 Å². The van der Waals surface area contributed by atoms with Gasteiger partial charge in [0.05, 0.1) is 18.1 Å². The molecule has 1 aromatic heterocycles. The fraction of sp³-hybridized carbons (Fsp3) is 0.462. The van der Waals surface area contributed by atoms with Crippen LogP contribution in [0.1, 0.15) is 37.7 Å². The van der Waals surface area contributed by atoms with Crippen LogP contribution in [0.4, 0.5) is 0 Å². The number of benzene rings is 2. The van der Waals surface area contributed by atoms with Crippen molar-refractivity contribution in [1.82, 2.24) is 4.90 Å². The van der Waals surface area contributed by atoms with Crippen LogP contribution < -0.4 is 15.1 Å². The van der Waals surface area contributed by atoms with Gasteiger partial charge in [-0.15, -0.1) is 0 Å². The van der Waals surface area contributed by atoms with Crippen LogP contribution >= 0.6 is 0 Å². The van der Waals surface area contributed by atoms with Gasteiger partial charge in [-0.05, 0) is 56.5 Å². The third-order valence-corrected chi connectivity index (χ3v) is 7.42. The van der Waals surface area contributed by atoms with Gasteiger partial charge in [0.1, 0.15) is 17.1 Å². The summed E-state index contributed by atoms with van der Waals surface area (Å²) in [5.74, 6) is 1.16. The minimum absolute atomic E-state index is 0.0887. The molecular formula is C26H29NO6. The molecule has 1 saturated carbocycles. The topological polar surface area (TPSA) is 89.2 Å². The highest BCUT2D eigenvalue weighted by atomic mass is 16.5. The van der Waals surface area contributed by atoms with E-state index < -0.39 is 11.2 Å². The summed E-state index contributed by atoms with van der Waals surface area (Å²) in [6.45, 7) is 2.87. The summed E-state index contributed by atoms with van der Waals surface area (Å²) in [6.07, 6.45) is 4.59. The fourth-order valence-corrected chi connectivity index (χ4v) is 5.40. The van der Waals surface area contributed by atoms with Gasteiger partial charge in [0.2, 0.25) is 0 Å². The van der Waals surface area contributed by atoms with Gasteiger partial charge in [-0.25, -0.2) is 4.79 Å². The number of likely N-dealkylation sites (tertiary alicyclic amines) is 1. The molecule has 2 aliphatic rings. The summed E-state index contributed by atoms with van der Waals surface area (Å²) >= 11 is 0. The normalized spacial score (nSPS) is 22.9. The molecule has 1 aliphatic carbocycles. The maximum Gasteiger partial charge on any atom is 0.344 e. The van der Waals surface area contributed by atoms with Gasteiger partial charge in [-0.2, -0.15) is 0 Å². The molecule has 1 saturated heterocycles. The Balaban J connectivity index is 1.35. The molecule has 2 aromatic carbocycles. The van der Waals surface area contributed by atoms with E-state index in [9.17, 15) is 14.7 Å². The molecular weight excluding hydrogens is 422 g/mol. The van der Waals surface area contributed by atoms with Gasteiger partial charge in [0.15, 0.2) is 6.61 Å². The number of carbonyl (C=O) groups is 1. The van der Waals surface area contributed by atoms with Gasteiger partial charge in [-0.1, -0.05) is 12.8 Å². The first-order chi connectivity index (χ1) is 15.9. The minimum Gasteiger partial charge on any atom is -0.497 e. The number of fused-ring (bicyclic) bond motifs is 4. The Bertz CT molecular complexity index is 1280. The van der Waals surface area contributed by atoms with E-state index in [0.717, 1.165) is 36.5 Å². The van der Waals surface area contributed by atoms with E-state index in [1.54, 1.807) is 13.2 Å². The quantitative estimate of drug-likeness (QED) is 0.480. The molecule has 7 heteroatoms. The molecule has 3 aromatic rings. The summed E-state index contributed by atoms with van der Waals surface area (Å²) in [7, 11) is 1.55. The van der Waals surface area contributed by atoms with Gasteiger partial charge >= 0.3 is 5.63 Å². The first kappa shape index (κ1) is 21.8. The van der Waals surface area contributed by atoms with Crippen molar-refractivity contribution in [1.29, 1.82) is 0 Å². The predicted octanol–water partition coefficient (Wildman–Crippen LogP) is 3.80. The number of piperidine rings is 1. The monoisotopic (exact) mass is 451 g/mol. The van der Waals surface area contributed by atoms with Crippen molar-refractivity contribution < 1.29 is 23.8 Å². The Morgan fingerprint density at radius 3 is 2.82 bits per heavy atom. The standard InChI is InChI=1S/C26H29NO6/c1-16-22(32-15-23(28)27-12-11-26(30)10-4-3-5-17(26)14-27)9-8-20-19-7-6-18(31-2)13-21(19)25(29)33-24(16)20/h6-9,13,17,30H,3-5,10-12,14-15H2,1-2H3/t17-,26+/m0/s1. The van der Waals surface area contributed by atoms with Gasteiger partial charge in [0.25, 0.3) is 5.91 Å². The third kappa shape index (κ3) is 3.84. The number of amides is 1. The van der Waals surface area contributed by atoms with E-state index >= 15 is 0 Å². The number of hydrogen-bond donors (Lipinski definition) is 1. The van der Waals surface area contributed by atoms with Gasteiger partial charge < -0.3 is 23.9 Å². The number of aryl methyl sites for hydroxylation is 1. The number of rotatable bonds is 4. The van der Waals surface area contributed by atoms with Crippen molar-refractivity contribution in [2.75, 3.05) is 26.8 Å². The zero-order valence-electron chi connectivity index (χ0n) is 19.1. The number of methoxy groups -OCH3 is 1. The second-order valence-electron chi connectivity index (χ2n) is 9.29. The molecule has 1 N–H and O–H groups in total. The Morgan fingerprint density at radius 1 is 1.18 bits per heavy atom. The molecule has 5 rings (SSSR count). The van der Waals surface area contributed by atoms with Crippen LogP contribution in [0.25, 0.3) is 21.7 Å². The molecule has 2 atom stereocenters. The summed E-state index contributed by atoms with van der Waals surface area (Å²) in [4.78, 5) is 27.2.